The summed E-state index contributed by atoms with van der Waals surface area (Å²) < 4.78 is 4.99. The van der Waals surface area contributed by atoms with E-state index in [1.54, 1.807) is 7.11 Å². The lowest BCUT2D eigenvalue weighted by atomic mass is 9.90. The van der Waals surface area contributed by atoms with Crippen molar-refractivity contribution in [1.82, 2.24) is 4.90 Å². The van der Waals surface area contributed by atoms with Gasteiger partial charge in [-0.15, -0.1) is 0 Å². The molecule has 0 bridgehead atoms. The molecule has 0 atom stereocenters. The molecule has 0 radical (unpaired) electrons. The van der Waals surface area contributed by atoms with Gasteiger partial charge in [-0.25, -0.2) is 0 Å². The summed E-state index contributed by atoms with van der Waals surface area (Å²) in [7, 11) is 1.68. The van der Waals surface area contributed by atoms with E-state index in [0.717, 1.165) is 13.1 Å². The van der Waals surface area contributed by atoms with E-state index in [-0.39, 0.29) is 11.2 Å². The highest BCUT2D eigenvalue weighted by atomic mass is 16.5. The van der Waals surface area contributed by atoms with Gasteiger partial charge in [0.25, 0.3) is 0 Å². The van der Waals surface area contributed by atoms with Crippen molar-refractivity contribution in [2.75, 3.05) is 33.4 Å². The molecular formula is C11H23NO2. The van der Waals surface area contributed by atoms with Crippen LogP contribution in [-0.4, -0.2) is 44.0 Å². The lowest BCUT2D eigenvalue weighted by molar-refractivity contribution is -0.127. The van der Waals surface area contributed by atoms with E-state index >= 15 is 0 Å². The first-order valence-electron chi connectivity index (χ1n) is 5.16. The Hall–Kier alpha value is -0.410. The van der Waals surface area contributed by atoms with Crippen molar-refractivity contribution < 1.29 is 9.53 Å². The van der Waals surface area contributed by atoms with E-state index < -0.39 is 0 Å². The van der Waals surface area contributed by atoms with Crippen LogP contribution in [0.3, 0.4) is 0 Å². The van der Waals surface area contributed by atoms with Gasteiger partial charge >= 0.3 is 0 Å². The smallest absolute Gasteiger partial charge is 0.152 e. The molecule has 0 N–H and O–H groups in total. The third-order valence-corrected chi connectivity index (χ3v) is 2.26. The van der Waals surface area contributed by atoms with Crippen LogP contribution < -0.4 is 0 Å². The standard InChI is InChI=1S/C11H23NO2/c1-6-12(7-8-14-5)9-10(13)11(2,3)4/h6-9H2,1-5H3. The largest absolute Gasteiger partial charge is 0.383 e. The van der Waals surface area contributed by atoms with Gasteiger partial charge in [-0.1, -0.05) is 27.7 Å². The Labute approximate surface area is 87.4 Å². The van der Waals surface area contributed by atoms with Gasteiger partial charge in [0.15, 0.2) is 5.78 Å². The number of nitrogens with zero attached hydrogens (tertiary/aromatic N) is 1. The van der Waals surface area contributed by atoms with Crippen LogP contribution in [0.5, 0.6) is 0 Å². The summed E-state index contributed by atoms with van der Waals surface area (Å²) in [6, 6.07) is 0. The lowest BCUT2D eigenvalue weighted by Crippen LogP contribution is -2.37. The summed E-state index contributed by atoms with van der Waals surface area (Å²) in [6.07, 6.45) is 0. The van der Waals surface area contributed by atoms with Crippen LogP contribution in [0.4, 0.5) is 0 Å². The van der Waals surface area contributed by atoms with E-state index in [1.807, 2.05) is 20.8 Å². The average molecular weight is 201 g/mol. The molecule has 3 heteroatoms. The minimum Gasteiger partial charge on any atom is -0.383 e. The van der Waals surface area contributed by atoms with Gasteiger partial charge in [0.05, 0.1) is 13.2 Å². The molecule has 0 aromatic carbocycles. The zero-order chi connectivity index (χ0) is 11.2. The van der Waals surface area contributed by atoms with Crippen molar-refractivity contribution in [3.63, 3.8) is 0 Å². The van der Waals surface area contributed by atoms with Gasteiger partial charge in [0.2, 0.25) is 0 Å². The highest BCUT2D eigenvalue weighted by Gasteiger charge is 2.22. The number of carbonyl (C=O) groups is 1. The van der Waals surface area contributed by atoms with E-state index in [1.165, 1.54) is 0 Å². The number of carbonyl (C=O) groups excluding carboxylic acids is 1. The first-order valence-corrected chi connectivity index (χ1v) is 5.16. The number of likely N-dealkylation sites (N-methyl/N-ethyl adjacent to an activating group) is 1. The predicted molar refractivity (Wildman–Crippen MR) is 58.5 cm³/mol. The third kappa shape index (κ3) is 5.35. The Bertz CT molecular complexity index is 173. The minimum absolute atomic E-state index is 0.236. The molecule has 0 saturated heterocycles. The monoisotopic (exact) mass is 201 g/mol. The van der Waals surface area contributed by atoms with Gasteiger partial charge in [-0.2, -0.15) is 0 Å². The summed E-state index contributed by atoms with van der Waals surface area (Å²) in [5.74, 6) is 0.287. The summed E-state index contributed by atoms with van der Waals surface area (Å²) >= 11 is 0. The van der Waals surface area contributed by atoms with Gasteiger partial charge < -0.3 is 4.74 Å². The van der Waals surface area contributed by atoms with Crippen molar-refractivity contribution in [3.05, 3.63) is 0 Å². The molecule has 84 valence electrons. The number of ketones is 1. The zero-order valence-electron chi connectivity index (χ0n) is 10.1. The van der Waals surface area contributed by atoms with E-state index in [9.17, 15) is 4.79 Å². The molecule has 3 nitrogen and oxygen atoms in total. The SMILES string of the molecule is CCN(CCOC)CC(=O)C(C)(C)C. The number of Topliss-reactive ketones (excluding diaryl/α,β-unsaturated/α-hetero) is 1. The molecule has 0 aliphatic carbocycles. The summed E-state index contributed by atoms with van der Waals surface area (Å²) in [5.41, 5.74) is -0.236. The number of ether oxygens (including phenoxy) is 1. The molecule has 0 aliphatic heterocycles. The molecule has 0 aromatic heterocycles. The van der Waals surface area contributed by atoms with Crippen LogP contribution in [-0.2, 0) is 9.53 Å². The van der Waals surface area contributed by atoms with Crippen molar-refractivity contribution in [3.8, 4) is 0 Å². The molecule has 0 amide bonds. The van der Waals surface area contributed by atoms with Crippen LogP contribution in [0.2, 0.25) is 0 Å². The molecule has 0 heterocycles. The predicted octanol–water partition coefficient (Wildman–Crippen LogP) is 1.57. The van der Waals surface area contributed by atoms with Crippen LogP contribution in [0.15, 0.2) is 0 Å². The van der Waals surface area contributed by atoms with Crippen molar-refractivity contribution in [2.45, 2.75) is 27.7 Å². The Balaban J connectivity index is 3.99. The fourth-order valence-electron chi connectivity index (χ4n) is 1.01. The Morgan fingerprint density at radius 2 is 1.93 bits per heavy atom. The number of hydrogen-bond donors (Lipinski definition) is 0. The van der Waals surface area contributed by atoms with Gasteiger partial charge in [-0.05, 0) is 6.54 Å². The molecule has 14 heavy (non-hydrogen) atoms. The zero-order valence-corrected chi connectivity index (χ0v) is 10.1. The first-order chi connectivity index (χ1) is 6.41. The number of rotatable bonds is 6. The third-order valence-electron chi connectivity index (χ3n) is 2.26. The van der Waals surface area contributed by atoms with Crippen LogP contribution >= 0.6 is 0 Å². The van der Waals surface area contributed by atoms with E-state index in [0.29, 0.717) is 13.2 Å². The number of hydrogen-bond acceptors (Lipinski definition) is 3. The maximum absolute atomic E-state index is 11.7. The number of methoxy groups -OCH3 is 1. The van der Waals surface area contributed by atoms with Crippen molar-refractivity contribution in [2.24, 2.45) is 5.41 Å². The van der Waals surface area contributed by atoms with Crippen molar-refractivity contribution in [1.29, 1.82) is 0 Å². The summed E-state index contributed by atoms with van der Waals surface area (Å²) in [5, 5.41) is 0. The van der Waals surface area contributed by atoms with Gasteiger partial charge in [0.1, 0.15) is 0 Å². The summed E-state index contributed by atoms with van der Waals surface area (Å²) in [6.45, 7) is 10.9. The molecule has 0 fully saturated rings. The molecule has 0 rings (SSSR count). The Morgan fingerprint density at radius 1 is 1.36 bits per heavy atom. The first kappa shape index (κ1) is 13.6. The van der Waals surface area contributed by atoms with Crippen LogP contribution in [0.25, 0.3) is 0 Å². The van der Waals surface area contributed by atoms with E-state index in [4.69, 9.17) is 4.74 Å². The van der Waals surface area contributed by atoms with Gasteiger partial charge in [0, 0.05) is 19.1 Å². The molecule has 0 saturated carbocycles. The molecule has 0 aliphatic rings. The maximum atomic E-state index is 11.7. The molecule has 0 aromatic rings. The van der Waals surface area contributed by atoms with Crippen LogP contribution in [0.1, 0.15) is 27.7 Å². The van der Waals surface area contributed by atoms with Crippen molar-refractivity contribution >= 4 is 5.78 Å². The maximum Gasteiger partial charge on any atom is 0.152 e. The van der Waals surface area contributed by atoms with E-state index in [2.05, 4.69) is 11.8 Å². The summed E-state index contributed by atoms with van der Waals surface area (Å²) in [4.78, 5) is 13.8. The normalized spacial score (nSPS) is 12.1. The average Bonchev–Trinajstić information content (AvgIpc) is 2.10. The lowest BCUT2D eigenvalue weighted by Gasteiger charge is -2.24. The molecular weight excluding hydrogens is 178 g/mol. The second kappa shape index (κ2) is 6.14. The fourth-order valence-corrected chi connectivity index (χ4v) is 1.01. The Kier molecular flexibility index (Phi) is 5.96. The van der Waals surface area contributed by atoms with Crippen LogP contribution in [0, 0.1) is 5.41 Å². The minimum atomic E-state index is -0.236. The second-order valence-corrected chi connectivity index (χ2v) is 4.53. The fraction of sp³-hybridized carbons (Fsp3) is 0.909. The highest BCUT2D eigenvalue weighted by molar-refractivity contribution is 5.85. The molecule has 0 unspecified atom stereocenters. The Morgan fingerprint density at radius 3 is 2.29 bits per heavy atom. The highest BCUT2D eigenvalue weighted by Crippen LogP contribution is 2.14. The quantitative estimate of drug-likeness (QED) is 0.653. The van der Waals surface area contributed by atoms with Gasteiger partial charge in [-0.3, -0.25) is 9.69 Å². The second-order valence-electron chi connectivity index (χ2n) is 4.53. The molecule has 0 spiro atoms. The topological polar surface area (TPSA) is 29.5 Å².